The molecule has 1 saturated heterocycles. The van der Waals surface area contributed by atoms with Crippen molar-refractivity contribution in [1.29, 1.82) is 0 Å². The Bertz CT molecular complexity index is 302. The number of nitrogens with zero attached hydrogens (tertiary/aromatic N) is 2. The van der Waals surface area contributed by atoms with Gasteiger partial charge in [0, 0.05) is 25.1 Å². The number of pyridine rings is 1. The van der Waals surface area contributed by atoms with Crippen LogP contribution in [0.25, 0.3) is 0 Å². The van der Waals surface area contributed by atoms with Crippen LogP contribution in [0, 0.1) is 0 Å². The van der Waals surface area contributed by atoms with Crippen molar-refractivity contribution in [2.45, 2.75) is 19.5 Å². The minimum atomic E-state index is 0. The molecule has 3 nitrogen and oxygen atoms in total. The fourth-order valence-corrected chi connectivity index (χ4v) is 1.58. The van der Waals surface area contributed by atoms with E-state index in [0.29, 0.717) is 13.1 Å². The summed E-state index contributed by atoms with van der Waals surface area (Å²) in [5.41, 5.74) is 0. The Kier molecular flexibility index (Phi) is 4.31. The van der Waals surface area contributed by atoms with Crippen LogP contribution in [0.4, 0.5) is 0 Å². The smallest absolute Gasteiger partial charge is 0.227 e. The summed E-state index contributed by atoms with van der Waals surface area (Å²) in [7, 11) is 0. The first-order chi connectivity index (χ1) is 6.36. The molecule has 2 rings (SSSR count). The van der Waals surface area contributed by atoms with Crippen LogP contribution in [-0.4, -0.2) is 17.4 Å². The van der Waals surface area contributed by atoms with Crippen LogP contribution in [-0.2, 0) is 11.5 Å². The Balaban J connectivity index is 0.000000980. The summed E-state index contributed by atoms with van der Waals surface area (Å²) in [5.74, 6) is 0.274. The van der Waals surface area contributed by atoms with Crippen LogP contribution in [0.3, 0.4) is 0 Å². The molecule has 0 atom stereocenters. The fraction of sp³-hybridized carbons (Fsp3) is 0.400. The van der Waals surface area contributed by atoms with Crippen LogP contribution >= 0.6 is 0 Å². The quantitative estimate of drug-likeness (QED) is 0.440. The minimum Gasteiger partial charge on any atom is -1.00 e. The van der Waals surface area contributed by atoms with Crippen molar-refractivity contribution in [3.8, 4) is 0 Å². The van der Waals surface area contributed by atoms with Crippen molar-refractivity contribution in [2.24, 2.45) is 0 Å². The van der Waals surface area contributed by atoms with Gasteiger partial charge in [-0.3, -0.25) is 9.69 Å². The van der Waals surface area contributed by atoms with Gasteiger partial charge in [-0.25, -0.2) is 0 Å². The lowest BCUT2D eigenvalue weighted by Crippen LogP contribution is -3.00. The van der Waals surface area contributed by atoms with Gasteiger partial charge in [0.1, 0.15) is 0 Å². The third-order valence-electron chi connectivity index (χ3n) is 2.28. The number of likely N-dealkylation sites (tertiary alicyclic amines) is 1. The molecular formula is C10H13IN2O. The van der Waals surface area contributed by atoms with Gasteiger partial charge in [0.15, 0.2) is 12.4 Å². The molecule has 4 heteroatoms. The van der Waals surface area contributed by atoms with Crippen LogP contribution in [0.15, 0.2) is 30.6 Å². The normalized spacial score (nSPS) is 15.4. The second kappa shape index (κ2) is 5.29. The minimum absolute atomic E-state index is 0. The molecule has 76 valence electrons. The van der Waals surface area contributed by atoms with E-state index in [1.807, 2.05) is 40.1 Å². The molecule has 0 bridgehead atoms. The van der Waals surface area contributed by atoms with E-state index in [9.17, 15) is 4.79 Å². The van der Waals surface area contributed by atoms with Crippen molar-refractivity contribution in [1.82, 2.24) is 4.90 Å². The van der Waals surface area contributed by atoms with Crippen LogP contribution < -0.4 is 28.5 Å². The lowest BCUT2D eigenvalue weighted by molar-refractivity contribution is -0.712. The molecule has 0 spiro atoms. The van der Waals surface area contributed by atoms with Crippen LogP contribution in [0.2, 0.25) is 0 Å². The number of hydrogen-bond acceptors (Lipinski definition) is 1. The van der Waals surface area contributed by atoms with Gasteiger partial charge in [-0.1, -0.05) is 6.07 Å². The predicted molar refractivity (Wildman–Crippen MR) is 47.6 cm³/mol. The highest BCUT2D eigenvalue weighted by molar-refractivity contribution is 5.77. The van der Waals surface area contributed by atoms with Crippen molar-refractivity contribution in [2.75, 3.05) is 6.54 Å². The lowest BCUT2D eigenvalue weighted by Gasteiger charge is -2.10. The molecule has 1 amide bonds. The van der Waals surface area contributed by atoms with Gasteiger partial charge in [0.05, 0.1) is 0 Å². The molecule has 1 aliphatic rings. The van der Waals surface area contributed by atoms with Gasteiger partial charge in [0.2, 0.25) is 12.6 Å². The monoisotopic (exact) mass is 304 g/mol. The van der Waals surface area contributed by atoms with Crippen molar-refractivity contribution < 1.29 is 33.3 Å². The van der Waals surface area contributed by atoms with E-state index in [0.717, 1.165) is 13.0 Å². The van der Waals surface area contributed by atoms with Gasteiger partial charge in [-0.2, -0.15) is 4.57 Å². The number of halogens is 1. The molecule has 1 aromatic rings. The molecule has 0 N–H and O–H groups in total. The average molecular weight is 304 g/mol. The zero-order valence-corrected chi connectivity index (χ0v) is 10.1. The Hall–Kier alpha value is -0.650. The van der Waals surface area contributed by atoms with E-state index in [1.165, 1.54) is 0 Å². The number of aromatic nitrogens is 1. The van der Waals surface area contributed by atoms with E-state index in [-0.39, 0.29) is 29.9 Å². The Labute approximate surface area is 101 Å². The summed E-state index contributed by atoms with van der Waals surface area (Å²) in [6, 6.07) is 5.92. The second-order valence-electron chi connectivity index (χ2n) is 3.29. The summed E-state index contributed by atoms with van der Waals surface area (Å²) >= 11 is 0. The van der Waals surface area contributed by atoms with E-state index >= 15 is 0 Å². The molecule has 0 radical (unpaired) electrons. The van der Waals surface area contributed by atoms with Gasteiger partial charge < -0.3 is 24.0 Å². The first-order valence-corrected chi connectivity index (χ1v) is 4.58. The maximum atomic E-state index is 11.3. The molecule has 0 aromatic carbocycles. The summed E-state index contributed by atoms with van der Waals surface area (Å²) < 4.78 is 2.02. The van der Waals surface area contributed by atoms with Crippen molar-refractivity contribution in [3.63, 3.8) is 0 Å². The zero-order valence-electron chi connectivity index (χ0n) is 7.90. The van der Waals surface area contributed by atoms with Crippen LogP contribution in [0.5, 0.6) is 0 Å². The maximum absolute atomic E-state index is 11.3. The Morgan fingerprint density at radius 2 is 2.00 bits per heavy atom. The number of carbonyl (C=O) groups is 1. The van der Waals surface area contributed by atoms with Gasteiger partial charge in [-0.05, 0) is 6.42 Å². The molecule has 1 aliphatic heterocycles. The van der Waals surface area contributed by atoms with Crippen molar-refractivity contribution >= 4 is 5.91 Å². The lowest BCUT2D eigenvalue weighted by atomic mass is 10.4. The van der Waals surface area contributed by atoms with E-state index in [4.69, 9.17) is 0 Å². The number of hydrogen-bond donors (Lipinski definition) is 0. The van der Waals surface area contributed by atoms with Crippen LogP contribution in [0.1, 0.15) is 12.8 Å². The standard InChI is InChI=1S/C10H13N2O.HI/c13-10-5-4-8-12(10)9-11-6-2-1-3-7-11;/h1-3,6-7H,4-5,8-9H2;1H/q+1;/p-1. The third kappa shape index (κ3) is 2.67. The molecule has 1 fully saturated rings. The predicted octanol–water partition coefficient (Wildman–Crippen LogP) is -2.44. The fourth-order valence-electron chi connectivity index (χ4n) is 1.58. The van der Waals surface area contributed by atoms with Crippen molar-refractivity contribution in [3.05, 3.63) is 30.6 Å². The first-order valence-electron chi connectivity index (χ1n) is 4.58. The molecule has 0 unspecified atom stereocenters. The summed E-state index contributed by atoms with van der Waals surface area (Å²) in [6.07, 6.45) is 5.68. The van der Waals surface area contributed by atoms with Gasteiger partial charge in [0.25, 0.3) is 0 Å². The molecule has 2 heterocycles. The zero-order chi connectivity index (χ0) is 9.10. The highest BCUT2D eigenvalue weighted by Gasteiger charge is 2.22. The van der Waals surface area contributed by atoms with E-state index in [1.54, 1.807) is 0 Å². The summed E-state index contributed by atoms with van der Waals surface area (Å²) in [4.78, 5) is 13.2. The maximum Gasteiger partial charge on any atom is 0.227 e. The number of amides is 1. The summed E-state index contributed by atoms with van der Waals surface area (Å²) in [5, 5.41) is 0. The van der Waals surface area contributed by atoms with E-state index < -0.39 is 0 Å². The molecule has 14 heavy (non-hydrogen) atoms. The van der Waals surface area contributed by atoms with Gasteiger partial charge in [-0.15, -0.1) is 0 Å². The van der Waals surface area contributed by atoms with Gasteiger partial charge >= 0.3 is 0 Å². The number of rotatable bonds is 2. The highest BCUT2D eigenvalue weighted by atomic mass is 127. The Morgan fingerprint density at radius 3 is 2.57 bits per heavy atom. The largest absolute Gasteiger partial charge is 1.00 e. The second-order valence-corrected chi connectivity index (χ2v) is 3.29. The third-order valence-corrected chi connectivity index (χ3v) is 2.28. The molecular weight excluding hydrogens is 291 g/mol. The molecule has 1 aromatic heterocycles. The SMILES string of the molecule is O=C1CCCN1C[n+]1ccccc1.[I-]. The number of carbonyl (C=O) groups excluding carboxylic acids is 1. The molecule has 0 aliphatic carbocycles. The Morgan fingerprint density at radius 1 is 1.29 bits per heavy atom. The topological polar surface area (TPSA) is 24.2 Å². The van der Waals surface area contributed by atoms with E-state index in [2.05, 4.69) is 0 Å². The summed E-state index contributed by atoms with van der Waals surface area (Å²) in [6.45, 7) is 1.60. The highest BCUT2D eigenvalue weighted by Crippen LogP contribution is 2.08. The average Bonchev–Trinajstić information content (AvgIpc) is 2.54. The first kappa shape index (κ1) is 11.4. The molecule has 0 saturated carbocycles.